The quantitative estimate of drug-likeness (QED) is 0.264. The van der Waals surface area contributed by atoms with Crippen LogP contribution in [0.1, 0.15) is 30.2 Å². The van der Waals surface area contributed by atoms with Gasteiger partial charge in [0, 0.05) is 29.6 Å². The van der Waals surface area contributed by atoms with Crippen molar-refractivity contribution in [3.8, 4) is 22.8 Å². The van der Waals surface area contributed by atoms with Crippen LogP contribution in [0.25, 0.3) is 16.6 Å². The topological polar surface area (TPSA) is 119 Å². The first-order valence-electron chi connectivity index (χ1n) is 12.0. The van der Waals surface area contributed by atoms with E-state index in [2.05, 4.69) is 21.5 Å². The molecule has 9 heteroatoms. The molecule has 1 atom stereocenters. The number of nitrogens with two attached hydrogens (primary N) is 1. The van der Waals surface area contributed by atoms with Gasteiger partial charge in [-0.1, -0.05) is 6.92 Å². The zero-order chi connectivity index (χ0) is 25.2. The van der Waals surface area contributed by atoms with Crippen molar-refractivity contribution < 1.29 is 14.6 Å². The minimum atomic E-state index is 0.150. The summed E-state index contributed by atoms with van der Waals surface area (Å²) in [5.74, 6) is 1.10. The predicted octanol–water partition coefficient (Wildman–Crippen LogP) is 4.22. The molecule has 0 amide bonds. The predicted molar refractivity (Wildman–Crippen MR) is 140 cm³/mol. The third-order valence-corrected chi connectivity index (χ3v) is 6.38. The van der Waals surface area contributed by atoms with Crippen molar-refractivity contribution >= 4 is 22.7 Å². The molecule has 4 aromatic rings. The molecule has 1 saturated heterocycles. The van der Waals surface area contributed by atoms with Gasteiger partial charge in [-0.3, -0.25) is 0 Å². The summed E-state index contributed by atoms with van der Waals surface area (Å²) in [5.41, 5.74) is 13.3. The first kappa shape index (κ1) is 23.6. The number of rotatable bonds is 7. The van der Waals surface area contributed by atoms with Crippen LogP contribution >= 0.6 is 0 Å². The Kier molecular flexibility index (Phi) is 6.47. The van der Waals surface area contributed by atoms with Crippen LogP contribution in [0.4, 0.5) is 11.4 Å². The number of hydrogen-bond donors (Lipinski definition) is 3. The number of aromatic nitrogens is 3. The molecule has 1 aliphatic heterocycles. The maximum absolute atomic E-state index is 9.86. The highest BCUT2D eigenvalue weighted by Gasteiger charge is 2.22. The molecule has 0 aliphatic carbocycles. The molecule has 9 nitrogen and oxygen atoms in total. The SMILES string of the molecule is CCc1cc(O)ccc1/N=C(\N)c1cnn2cc(-c3ccc(C)nc3OC)cc2c1NC1CCOC1. The Labute approximate surface area is 209 Å². The standard InChI is InChI=1S/C27H30N6O3/c1-4-17-11-20(34)6-8-23(17)32-26(28)22-13-29-33-14-18(21-7-5-16(2)30-27(21)35-3)12-24(33)25(22)31-19-9-10-36-15-19/h5-8,11-14,19,31,34H,4,9-10,15H2,1-3H3,(H2,28,32). The van der Waals surface area contributed by atoms with Crippen LogP contribution in [-0.4, -0.2) is 51.9 Å². The van der Waals surface area contributed by atoms with Crippen LogP contribution in [-0.2, 0) is 11.2 Å². The Balaban J connectivity index is 1.64. The van der Waals surface area contributed by atoms with Crippen molar-refractivity contribution in [1.29, 1.82) is 0 Å². The highest BCUT2D eigenvalue weighted by atomic mass is 16.5. The number of anilines is 1. The van der Waals surface area contributed by atoms with E-state index < -0.39 is 0 Å². The zero-order valence-electron chi connectivity index (χ0n) is 20.7. The average molecular weight is 487 g/mol. The van der Waals surface area contributed by atoms with E-state index in [-0.39, 0.29) is 11.8 Å². The van der Waals surface area contributed by atoms with Crippen LogP contribution in [0, 0.1) is 6.92 Å². The second kappa shape index (κ2) is 9.87. The van der Waals surface area contributed by atoms with Gasteiger partial charge in [0.15, 0.2) is 0 Å². The fraction of sp³-hybridized carbons (Fsp3) is 0.296. The van der Waals surface area contributed by atoms with E-state index in [1.807, 2.05) is 36.7 Å². The van der Waals surface area contributed by atoms with Gasteiger partial charge in [-0.15, -0.1) is 0 Å². The highest BCUT2D eigenvalue weighted by molar-refractivity contribution is 6.06. The number of aromatic hydroxyl groups is 1. The molecule has 5 rings (SSSR count). The van der Waals surface area contributed by atoms with Crippen molar-refractivity contribution in [3.63, 3.8) is 0 Å². The molecule has 3 aromatic heterocycles. The molecule has 4 heterocycles. The van der Waals surface area contributed by atoms with Crippen molar-refractivity contribution in [3.05, 3.63) is 65.6 Å². The summed E-state index contributed by atoms with van der Waals surface area (Å²) < 4.78 is 13.0. The molecule has 1 fully saturated rings. The van der Waals surface area contributed by atoms with Gasteiger partial charge >= 0.3 is 0 Å². The summed E-state index contributed by atoms with van der Waals surface area (Å²) >= 11 is 0. The Morgan fingerprint density at radius 2 is 2.17 bits per heavy atom. The van der Waals surface area contributed by atoms with Gasteiger partial charge in [0.25, 0.3) is 0 Å². The molecule has 36 heavy (non-hydrogen) atoms. The van der Waals surface area contributed by atoms with Crippen LogP contribution in [0.5, 0.6) is 11.6 Å². The van der Waals surface area contributed by atoms with Gasteiger partial charge < -0.3 is 25.6 Å². The van der Waals surface area contributed by atoms with E-state index in [1.54, 1.807) is 31.5 Å². The molecular formula is C27H30N6O3. The minimum Gasteiger partial charge on any atom is -0.508 e. The number of aliphatic imine (C=N–C) groups is 1. The molecule has 0 bridgehead atoms. The molecule has 0 saturated carbocycles. The lowest BCUT2D eigenvalue weighted by atomic mass is 10.1. The number of ether oxygens (including phenoxy) is 2. The average Bonchev–Trinajstić information content (AvgIpc) is 3.55. The largest absolute Gasteiger partial charge is 0.508 e. The van der Waals surface area contributed by atoms with Crippen LogP contribution in [0.15, 0.2) is 53.8 Å². The van der Waals surface area contributed by atoms with E-state index in [0.29, 0.717) is 30.5 Å². The molecule has 4 N–H and O–H groups in total. The number of methoxy groups -OCH3 is 1. The Morgan fingerprint density at radius 1 is 1.31 bits per heavy atom. The summed E-state index contributed by atoms with van der Waals surface area (Å²) in [7, 11) is 1.62. The maximum atomic E-state index is 9.86. The Bertz CT molecular complexity index is 1440. The van der Waals surface area contributed by atoms with Crippen molar-refractivity contribution in [2.24, 2.45) is 10.7 Å². The number of pyridine rings is 1. The number of fused-ring (bicyclic) bond motifs is 1. The maximum Gasteiger partial charge on any atom is 0.221 e. The molecule has 1 aromatic carbocycles. The van der Waals surface area contributed by atoms with Crippen LogP contribution in [0.3, 0.4) is 0 Å². The van der Waals surface area contributed by atoms with Crippen molar-refractivity contribution in [2.45, 2.75) is 32.7 Å². The summed E-state index contributed by atoms with van der Waals surface area (Å²) in [4.78, 5) is 9.24. The van der Waals surface area contributed by atoms with Crippen LogP contribution in [0.2, 0.25) is 0 Å². The number of aryl methyl sites for hydroxylation is 2. The number of phenols is 1. The first-order chi connectivity index (χ1) is 17.5. The summed E-state index contributed by atoms with van der Waals surface area (Å²) in [6, 6.07) is 11.3. The van der Waals surface area contributed by atoms with E-state index in [4.69, 9.17) is 20.2 Å². The first-order valence-corrected chi connectivity index (χ1v) is 12.0. The lowest BCUT2D eigenvalue weighted by molar-refractivity contribution is 0.195. The number of amidine groups is 1. The van der Waals surface area contributed by atoms with Gasteiger partial charge in [0.2, 0.25) is 5.88 Å². The third kappa shape index (κ3) is 4.57. The van der Waals surface area contributed by atoms with Crippen molar-refractivity contribution in [2.75, 3.05) is 25.6 Å². The molecule has 1 aliphatic rings. The van der Waals surface area contributed by atoms with Gasteiger partial charge in [-0.05, 0) is 61.7 Å². The Hall–Kier alpha value is -4.11. The van der Waals surface area contributed by atoms with E-state index in [1.165, 1.54) is 0 Å². The van der Waals surface area contributed by atoms with E-state index in [0.717, 1.165) is 52.1 Å². The van der Waals surface area contributed by atoms with Gasteiger partial charge in [-0.25, -0.2) is 14.5 Å². The van der Waals surface area contributed by atoms with E-state index >= 15 is 0 Å². The summed E-state index contributed by atoms with van der Waals surface area (Å²) in [5, 5.41) is 18.1. The molecule has 186 valence electrons. The lowest BCUT2D eigenvalue weighted by Crippen LogP contribution is -2.24. The van der Waals surface area contributed by atoms with Crippen LogP contribution < -0.4 is 15.8 Å². The summed E-state index contributed by atoms with van der Waals surface area (Å²) in [6.07, 6.45) is 5.29. The molecule has 0 spiro atoms. The van der Waals surface area contributed by atoms with Crippen molar-refractivity contribution in [1.82, 2.24) is 14.6 Å². The molecule has 1 unspecified atom stereocenters. The number of benzene rings is 1. The third-order valence-electron chi connectivity index (χ3n) is 6.38. The number of hydrogen-bond acceptors (Lipinski definition) is 7. The summed E-state index contributed by atoms with van der Waals surface area (Å²) in [6.45, 7) is 5.28. The number of phenolic OH excluding ortho intramolecular Hbond substituents is 1. The monoisotopic (exact) mass is 486 g/mol. The van der Waals surface area contributed by atoms with E-state index in [9.17, 15) is 5.11 Å². The molecule has 0 radical (unpaired) electrons. The Morgan fingerprint density at radius 3 is 2.92 bits per heavy atom. The smallest absolute Gasteiger partial charge is 0.221 e. The van der Waals surface area contributed by atoms with Gasteiger partial charge in [0.05, 0.1) is 48.4 Å². The highest BCUT2D eigenvalue weighted by Crippen LogP contribution is 2.34. The second-order valence-corrected chi connectivity index (χ2v) is 8.87. The normalized spacial score (nSPS) is 16.0. The lowest BCUT2D eigenvalue weighted by Gasteiger charge is -2.17. The second-order valence-electron chi connectivity index (χ2n) is 8.87. The van der Waals surface area contributed by atoms with Gasteiger partial charge in [-0.2, -0.15) is 5.10 Å². The minimum absolute atomic E-state index is 0.150. The zero-order valence-corrected chi connectivity index (χ0v) is 20.7. The fourth-order valence-corrected chi connectivity index (χ4v) is 4.46. The molecular weight excluding hydrogens is 456 g/mol. The number of nitrogens with zero attached hydrogens (tertiary/aromatic N) is 4. The fourth-order valence-electron chi connectivity index (χ4n) is 4.46. The number of nitrogens with one attached hydrogen (secondary N) is 1. The van der Waals surface area contributed by atoms with Gasteiger partial charge in [0.1, 0.15) is 11.6 Å².